The van der Waals surface area contributed by atoms with Crippen molar-refractivity contribution in [3.63, 3.8) is 0 Å². The molecule has 0 N–H and O–H groups in total. The molecule has 0 radical (unpaired) electrons. The highest BCUT2D eigenvalue weighted by Crippen LogP contribution is 2.22. The Labute approximate surface area is 135 Å². The van der Waals surface area contributed by atoms with Gasteiger partial charge in [-0.1, -0.05) is 6.07 Å². The summed E-state index contributed by atoms with van der Waals surface area (Å²) in [7, 11) is 0. The minimum Gasteiger partial charge on any atom is -0.490 e. The van der Waals surface area contributed by atoms with Crippen molar-refractivity contribution >= 4 is 6.29 Å². The number of carbonyl (C=O) groups excluding carboxylic acids is 1. The quantitative estimate of drug-likeness (QED) is 0.764. The average Bonchev–Trinajstić information content (AvgIpc) is 2.53. The van der Waals surface area contributed by atoms with E-state index in [2.05, 4.69) is 11.1 Å². The molecule has 0 unspecified atom stereocenters. The van der Waals surface area contributed by atoms with E-state index >= 15 is 0 Å². The van der Waals surface area contributed by atoms with Crippen LogP contribution in [0.4, 0.5) is 0 Å². The summed E-state index contributed by atoms with van der Waals surface area (Å²) >= 11 is 0. The van der Waals surface area contributed by atoms with Crippen LogP contribution in [0.1, 0.15) is 41.0 Å². The van der Waals surface area contributed by atoms with Gasteiger partial charge >= 0.3 is 0 Å². The second-order valence-corrected chi connectivity index (χ2v) is 5.39. The smallest absolute Gasteiger partial charge is 0.168 e. The van der Waals surface area contributed by atoms with Crippen LogP contribution < -0.4 is 9.47 Å². The van der Waals surface area contributed by atoms with Gasteiger partial charge in [0.05, 0.1) is 17.9 Å². The highest BCUT2D eigenvalue weighted by Gasteiger charge is 2.08. The fourth-order valence-electron chi connectivity index (χ4n) is 2.04. The molecule has 0 aliphatic carbocycles. The first kappa shape index (κ1) is 16.5. The molecule has 0 saturated heterocycles. The molecule has 23 heavy (non-hydrogen) atoms. The number of aryl methyl sites for hydroxylation is 1. The van der Waals surface area contributed by atoms with E-state index in [-0.39, 0.29) is 6.10 Å². The molecule has 2 rings (SSSR count). The molecule has 0 atom stereocenters. The van der Waals surface area contributed by atoms with E-state index in [9.17, 15) is 10.1 Å². The number of nitriles is 1. The highest BCUT2D eigenvalue weighted by molar-refractivity contribution is 5.74. The second kappa shape index (κ2) is 7.41. The third-order valence-electron chi connectivity index (χ3n) is 3.14. The van der Waals surface area contributed by atoms with E-state index in [1.807, 2.05) is 19.9 Å². The zero-order valence-electron chi connectivity index (χ0n) is 13.4. The number of aldehydes is 1. The lowest BCUT2D eigenvalue weighted by Crippen LogP contribution is -2.07. The molecule has 1 heterocycles. The topological polar surface area (TPSA) is 72.2 Å². The summed E-state index contributed by atoms with van der Waals surface area (Å²) in [4.78, 5) is 14.8. The van der Waals surface area contributed by atoms with Crippen molar-refractivity contribution in [3.8, 4) is 17.6 Å². The van der Waals surface area contributed by atoms with Crippen LogP contribution in [-0.4, -0.2) is 17.4 Å². The SMILES string of the molecule is Cc1cc(OCc2ccc(OC(C)C)c(C#N)c2)cnc1C=O. The number of ether oxygens (including phenoxy) is 2. The summed E-state index contributed by atoms with van der Waals surface area (Å²) in [6.07, 6.45) is 2.24. The van der Waals surface area contributed by atoms with Gasteiger partial charge in [-0.2, -0.15) is 5.26 Å². The lowest BCUT2D eigenvalue weighted by atomic mass is 10.1. The molecule has 118 valence electrons. The molecule has 0 aliphatic rings. The predicted molar refractivity (Wildman–Crippen MR) is 85.6 cm³/mol. The van der Waals surface area contributed by atoms with Crippen LogP contribution in [0.5, 0.6) is 11.5 Å². The lowest BCUT2D eigenvalue weighted by molar-refractivity contribution is 0.111. The number of rotatable bonds is 6. The molecule has 0 bridgehead atoms. The zero-order chi connectivity index (χ0) is 16.8. The summed E-state index contributed by atoms with van der Waals surface area (Å²) in [6, 6.07) is 9.28. The zero-order valence-corrected chi connectivity index (χ0v) is 13.4. The molecule has 5 heteroatoms. The molecule has 2 aromatic rings. The Morgan fingerprint density at radius 2 is 2.13 bits per heavy atom. The van der Waals surface area contributed by atoms with Crippen molar-refractivity contribution in [3.05, 3.63) is 52.8 Å². The lowest BCUT2D eigenvalue weighted by Gasteiger charge is -2.12. The molecular formula is C18H18N2O3. The standard InChI is InChI=1S/C18H18N2O3/c1-12(2)23-18-5-4-14(7-15(18)8-19)11-22-16-6-13(3)17(10-21)20-9-16/h4-7,9-10,12H,11H2,1-3H3. The molecule has 1 aromatic carbocycles. The van der Waals surface area contributed by atoms with Crippen LogP contribution in [0.3, 0.4) is 0 Å². The van der Waals surface area contributed by atoms with E-state index in [0.717, 1.165) is 11.1 Å². The number of carbonyl (C=O) groups is 1. The monoisotopic (exact) mass is 310 g/mol. The van der Waals surface area contributed by atoms with Crippen molar-refractivity contribution in [2.75, 3.05) is 0 Å². The van der Waals surface area contributed by atoms with E-state index in [4.69, 9.17) is 9.47 Å². The maximum absolute atomic E-state index is 10.8. The molecule has 1 aromatic heterocycles. The van der Waals surface area contributed by atoms with Crippen LogP contribution >= 0.6 is 0 Å². The van der Waals surface area contributed by atoms with Gasteiger partial charge in [0, 0.05) is 0 Å². The Morgan fingerprint density at radius 3 is 2.74 bits per heavy atom. The minimum atomic E-state index is 0.00887. The normalized spacial score (nSPS) is 10.2. The Kier molecular flexibility index (Phi) is 5.32. The molecule has 0 fully saturated rings. The van der Waals surface area contributed by atoms with Crippen molar-refractivity contribution in [2.45, 2.75) is 33.5 Å². The Morgan fingerprint density at radius 1 is 1.35 bits per heavy atom. The first-order chi connectivity index (χ1) is 11.0. The second-order valence-electron chi connectivity index (χ2n) is 5.39. The largest absolute Gasteiger partial charge is 0.490 e. The van der Waals surface area contributed by atoms with Gasteiger partial charge in [0.2, 0.25) is 0 Å². The first-order valence-electron chi connectivity index (χ1n) is 7.27. The number of nitrogens with zero attached hydrogens (tertiary/aromatic N) is 2. The van der Waals surface area contributed by atoms with Crippen LogP contribution in [-0.2, 0) is 6.61 Å². The van der Waals surface area contributed by atoms with E-state index in [1.165, 1.54) is 6.20 Å². The number of hydrogen-bond acceptors (Lipinski definition) is 5. The molecule has 0 spiro atoms. The molecular weight excluding hydrogens is 292 g/mol. The third-order valence-corrected chi connectivity index (χ3v) is 3.14. The van der Waals surface area contributed by atoms with Crippen LogP contribution in [0.15, 0.2) is 30.5 Å². The third kappa shape index (κ3) is 4.30. The summed E-state index contributed by atoms with van der Waals surface area (Å²) < 4.78 is 11.3. The van der Waals surface area contributed by atoms with Crippen LogP contribution in [0.25, 0.3) is 0 Å². The molecule has 5 nitrogen and oxygen atoms in total. The summed E-state index contributed by atoms with van der Waals surface area (Å²) in [5.74, 6) is 1.15. The average molecular weight is 310 g/mol. The minimum absolute atomic E-state index is 0.00887. The van der Waals surface area contributed by atoms with Gasteiger partial charge in [0.15, 0.2) is 6.29 Å². The molecule has 0 aliphatic heterocycles. The van der Waals surface area contributed by atoms with Gasteiger partial charge in [-0.15, -0.1) is 0 Å². The van der Waals surface area contributed by atoms with Crippen molar-refractivity contribution < 1.29 is 14.3 Å². The Bertz CT molecular complexity index is 748. The summed E-state index contributed by atoms with van der Waals surface area (Å²) in [6.45, 7) is 5.93. The van der Waals surface area contributed by atoms with Gasteiger partial charge < -0.3 is 9.47 Å². The van der Waals surface area contributed by atoms with E-state index in [1.54, 1.807) is 25.1 Å². The van der Waals surface area contributed by atoms with Gasteiger partial charge in [-0.05, 0) is 50.1 Å². The highest BCUT2D eigenvalue weighted by atomic mass is 16.5. The van der Waals surface area contributed by atoms with Crippen LogP contribution in [0.2, 0.25) is 0 Å². The summed E-state index contributed by atoms with van der Waals surface area (Å²) in [5.41, 5.74) is 2.50. The maximum Gasteiger partial charge on any atom is 0.168 e. The maximum atomic E-state index is 10.8. The van der Waals surface area contributed by atoms with Crippen molar-refractivity contribution in [1.29, 1.82) is 5.26 Å². The van der Waals surface area contributed by atoms with Gasteiger partial charge in [0.25, 0.3) is 0 Å². The van der Waals surface area contributed by atoms with Crippen molar-refractivity contribution in [1.82, 2.24) is 4.98 Å². The van der Waals surface area contributed by atoms with Gasteiger partial charge in [-0.3, -0.25) is 4.79 Å². The first-order valence-corrected chi connectivity index (χ1v) is 7.27. The van der Waals surface area contributed by atoms with Crippen LogP contribution in [0, 0.1) is 18.3 Å². The molecule has 0 amide bonds. The number of aromatic nitrogens is 1. The van der Waals surface area contributed by atoms with Gasteiger partial charge in [-0.25, -0.2) is 4.98 Å². The fourth-order valence-corrected chi connectivity index (χ4v) is 2.04. The molecule has 0 saturated carbocycles. The van der Waals surface area contributed by atoms with Crippen molar-refractivity contribution in [2.24, 2.45) is 0 Å². The Hall–Kier alpha value is -2.87. The number of hydrogen-bond donors (Lipinski definition) is 0. The fraction of sp³-hybridized carbons (Fsp3) is 0.278. The van der Waals surface area contributed by atoms with Gasteiger partial charge in [0.1, 0.15) is 29.9 Å². The van der Waals surface area contributed by atoms with E-state index in [0.29, 0.717) is 35.6 Å². The van der Waals surface area contributed by atoms with E-state index < -0.39 is 0 Å². The number of pyridine rings is 1. The Balaban J connectivity index is 2.10. The summed E-state index contributed by atoms with van der Waals surface area (Å²) in [5, 5.41) is 9.22. The number of benzene rings is 1. The predicted octanol–water partition coefficient (Wildman–Crippen LogP) is 3.44.